The fraction of sp³-hybridized carbons (Fsp3) is 0.529. The summed E-state index contributed by atoms with van der Waals surface area (Å²) in [5.74, 6) is 1.56. The predicted octanol–water partition coefficient (Wildman–Crippen LogP) is 2.75. The molecule has 2 rings (SSSR count). The van der Waals surface area contributed by atoms with Crippen molar-refractivity contribution < 1.29 is 0 Å². The first-order valence-corrected chi connectivity index (χ1v) is 7.72. The molecular weight excluding hydrogens is 260 g/mol. The number of hydrogen-bond acceptors (Lipinski definition) is 3. The standard InChI is InChI=1S/C17H26N4/c1-13(2)11-21-17(19-12-20-21)10-16(18)9-8-15-6-4-14(3)5-7-15/h4-7,12-13,16H,8-11,18H2,1-3H3. The lowest BCUT2D eigenvalue weighted by Crippen LogP contribution is -2.26. The smallest absolute Gasteiger partial charge is 0.138 e. The van der Waals surface area contributed by atoms with Crippen LogP contribution in [-0.4, -0.2) is 20.8 Å². The van der Waals surface area contributed by atoms with Gasteiger partial charge in [0.15, 0.2) is 0 Å². The Morgan fingerprint density at radius 1 is 1.19 bits per heavy atom. The van der Waals surface area contributed by atoms with Crippen LogP contribution in [-0.2, 0) is 19.4 Å². The zero-order valence-electron chi connectivity index (χ0n) is 13.3. The van der Waals surface area contributed by atoms with Crippen molar-refractivity contribution in [1.29, 1.82) is 0 Å². The van der Waals surface area contributed by atoms with Crippen molar-refractivity contribution >= 4 is 0 Å². The second-order valence-corrected chi connectivity index (χ2v) is 6.24. The van der Waals surface area contributed by atoms with E-state index in [0.29, 0.717) is 5.92 Å². The molecule has 1 heterocycles. The summed E-state index contributed by atoms with van der Waals surface area (Å²) in [5.41, 5.74) is 8.90. The largest absolute Gasteiger partial charge is 0.327 e. The summed E-state index contributed by atoms with van der Waals surface area (Å²) in [7, 11) is 0. The minimum absolute atomic E-state index is 0.126. The van der Waals surface area contributed by atoms with Crippen LogP contribution in [0.3, 0.4) is 0 Å². The van der Waals surface area contributed by atoms with Crippen molar-refractivity contribution in [2.24, 2.45) is 11.7 Å². The number of hydrogen-bond donors (Lipinski definition) is 1. The van der Waals surface area contributed by atoms with E-state index in [4.69, 9.17) is 5.73 Å². The molecule has 0 saturated heterocycles. The molecule has 4 nitrogen and oxygen atoms in total. The number of aromatic nitrogens is 3. The average molecular weight is 286 g/mol. The molecule has 114 valence electrons. The van der Waals surface area contributed by atoms with E-state index in [9.17, 15) is 0 Å². The summed E-state index contributed by atoms with van der Waals surface area (Å²) in [6.45, 7) is 7.38. The third-order valence-corrected chi connectivity index (χ3v) is 3.60. The Balaban J connectivity index is 1.85. The molecule has 1 atom stereocenters. The maximum atomic E-state index is 6.26. The van der Waals surface area contributed by atoms with Gasteiger partial charge in [-0.1, -0.05) is 43.7 Å². The van der Waals surface area contributed by atoms with E-state index in [1.807, 2.05) is 4.68 Å². The molecule has 1 unspecified atom stereocenters. The molecule has 0 bridgehead atoms. The SMILES string of the molecule is Cc1ccc(CCC(N)Cc2ncnn2CC(C)C)cc1. The van der Waals surface area contributed by atoms with Crippen LogP contribution in [0.25, 0.3) is 0 Å². The Morgan fingerprint density at radius 3 is 2.57 bits per heavy atom. The molecule has 4 heteroatoms. The first-order valence-electron chi connectivity index (χ1n) is 7.72. The van der Waals surface area contributed by atoms with Gasteiger partial charge in [-0.15, -0.1) is 0 Å². The van der Waals surface area contributed by atoms with Crippen LogP contribution in [0.15, 0.2) is 30.6 Å². The highest BCUT2D eigenvalue weighted by Crippen LogP contribution is 2.10. The highest BCUT2D eigenvalue weighted by atomic mass is 15.3. The van der Waals surface area contributed by atoms with Crippen molar-refractivity contribution in [3.8, 4) is 0 Å². The first-order chi connectivity index (χ1) is 10.0. The third kappa shape index (κ3) is 4.97. The molecule has 0 radical (unpaired) electrons. The van der Waals surface area contributed by atoms with E-state index >= 15 is 0 Å². The van der Waals surface area contributed by atoms with Crippen LogP contribution in [0, 0.1) is 12.8 Å². The van der Waals surface area contributed by atoms with Gasteiger partial charge in [0.05, 0.1) is 0 Å². The van der Waals surface area contributed by atoms with Crippen molar-refractivity contribution in [1.82, 2.24) is 14.8 Å². The molecule has 0 aliphatic carbocycles. The topological polar surface area (TPSA) is 56.7 Å². The highest BCUT2D eigenvalue weighted by molar-refractivity contribution is 5.21. The van der Waals surface area contributed by atoms with E-state index in [-0.39, 0.29) is 6.04 Å². The Hall–Kier alpha value is -1.68. The number of aryl methyl sites for hydroxylation is 2. The van der Waals surface area contributed by atoms with Gasteiger partial charge >= 0.3 is 0 Å². The maximum Gasteiger partial charge on any atom is 0.138 e. The molecule has 0 aliphatic heterocycles. The molecule has 0 amide bonds. The van der Waals surface area contributed by atoms with Crippen LogP contribution >= 0.6 is 0 Å². The van der Waals surface area contributed by atoms with E-state index < -0.39 is 0 Å². The van der Waals surface area contributed by atoms with Crippen LogP contribution in [0.2, 0.25) is 0 Å². The number of nitrogens with two attached hydrogens (primary N) is 1. The van der Waals surface area contributed by atoms with Gasteiger partial charge in [-0.2, -0.15) is 5.10 Å². The van der Waals surface area contributed by atoms with Gasteiger partial charge in [-0.05, 0) is 31.2 Å². The van der Waals surface area contributed by atoms with Crippen LogP contribution in [0.4, 0.5) is 0 Å². The van der Waals surface area contributed by atoms with Gasteiger partial charge in [-0.25, -0.2) is 9.67 Å². The first kappa shape index (κ1) is 15.7. The predicted molar refractivity (Wildman–Crippen MR) is 86.0 cm³/mol. The molecule has 2 N–H and O–H groups in total. The quantitative estimate of drug-likeness (QED) is 0.851. The van der Waals surface area contributed by atoms with Crippen molar-refractivity contribution in [3.05, 3.63) is 47.5 Å². The Labute approximate surface area is 127 Å². The second-order valence-electron chi connectivity index (χ2n) is 6.24. The lowest BCUT2D eigenvalue weighted by molar-refractivity contribution is 0.455. The summed E-state index contributed by atoms with van der Waals surface area (Å²) >= 11 is 0. The monoisotopic (exact) mass is 286 g/mol. The summed E-state index contributed by atoms with van der Waals surface area (Å²) in [5, 5.41) is 4.29. The lowest BCUT2D eigenvalue weighted by atomic mass is 10.0. The van der Waals surface area contributed by atoms with Crippen molar-refractivity contribution in [3.63, 3.8) is 0 Å². The summed E-state index contributed by atoms with van der Waals surface area (Å²) < 4.78 is 1.98. The normalized spacial score (nSPS) is 12.8. The molecule has 0 spiro atoms. The Morgan fingerprint density at radius 2 is 1.90 bits per heavy atom. The van der Waals surface area contributed by atoms with E-state index in [0.717, 1.165) is 31.6 Å². The van der Waals surface area contributed by atoms with E-state index in [2.05, 4.69) is 55.1 Å². The van der Waals surface area contributed by atoms with E-state index in [1.54, 1.807) is 6.33 Å². The number of nitrogens with zero attached hydrogens (tertiary/aromatic N) is 3. The van der Waals surface area contributed by atoms with Crippen molar-refractivity contribution in [2.75, 3.05) is 0 Å². The highest BCUT2D eigenvalue weighted by Gasteiger charge is 2.11. The Bertz CT molecular complexity index is 542. The third-order valence-electron chi connectivity index (χ3n) is 3.60. The zero-order chi connectivity index (χ0) is 15.2. The average Bonchev–Trinajstić information content (AvgIpc) is 2.84. The molecule has 0 fully saturated rings. The zero-order valence-corrected chi connectivity index (χ0v) is 13.3. The molecule has 1 aromatic heterocycles. The molecule has 0 aliphatic rings. The molecule has 1 aromatic carbocycles. The molecule has 21 heavy (non-hydrogen) atoms. The van der Waals surface area contributed by atoms with Crippen LogP contribution in [0.5, 0.6) is 0 Å². The van der Waals surface area contributed by atoms with Gasteiger partial charge in [0.1, 0.15) is 12.2 Å². The van der Waals surface area contributed by atoms with Crippen LogP contribution in [0.1, 0.15) is 37.2 Å². The summed E-state index contributed by atoms with van der Waals surface area (Å²) in [6.07, 6.45) is 4.40. The second kappa shape index (κ2) is 7.36. The van der Waals surface area contributed by atoms with Gasteiger partial charge < -0.3 is 5.73 Å². The molecule has 2 aromatic rings. The maximum absolute atomic E-state index is 6.26. The van der Waals surface area contributed by atoms with Crippen molar-refractivity contribution in [2.45, 2.75) is 52.6 Å². The lowest BCUT2D eigenvalue weighted by Gasteiger charge is -2.13. The fourth-order valence-corrected chi connectivity index (χ4v) is 2.39. The van der Waals surface area contributed by atoms with Gasteiger partial charge in [0.2, 0.25) is 0 Å². The minimum Gasteiger partial charge on any atom is -0.327 e. The minimum atomic E-state index is 0.126. The molecule has 0 saturated carbocycles. The van der Waals surface area contributed by atoms with Gasteiger partial charge in [0.25, 0.3) is 0 Å². The van der Waals surface area contributed by atoms with Gasteiger partial charge in [-0.3, -0.25) is 0 Å². The summed E-state index contributed by atoms with van der Waals surface area (Å²) in [4.78, 5) is 4.35. The van der Waals surface area contributed by atoms with E-state index in [1.165, 1.54) is 11.1 Å². The summed E-state index contributed by atoms with van der Waals surface area (Å²) in [6, 6.07) is 8.80. The van der Waals surface area contributed by atoms with Gasteiger partial charge in [0, 0.05) is 19.0 Å². The number of rotatable bonds is 7. The number of benzene rings is 1. The Kier molecular flexibility index (Phi) is 5.51. The van der Waals surface area contributed by atoms with Crippen LogP contribution < -0.4 is 5.73 Å². The molecular formula is C17H26N4. The fourth-order valence-electron chi connectivity index (χ4n) is 2.39.